The van der Waals surface area contributed by atoms with Gasteiger partial charge in [0.2, 0.25) is 11.9 Å². The van der Waals surface area contributed by atoms with Gasteiger partial charge >= 0.3 is 0 Å². The number of nitrogens with two attached hydrogens (primary N) is 1. The largest absolute Gasteiger partial charge is 0.368 e. The second kappa shape index (κ2) is 7.37. The van der Waals surface area contributed by atoms with Gasteiger partial charge in [0.1, 0.15) is 0 Å². The molecule has 6 nitrogen and oxygen atoms in total. The van der Waals surface area contributed by atoms with Crippen molar-refractivity contribution in [2.45, 2.75) is 32.9 Å². The summed E-state index contributed by atoms with van der Waals surface area (Å²) < 4.78 is 0. The third-order valence-corrected chi connectivity index (χ3v) is 3.96. The summed E-state index contributed by atoms with van der Waals surface area (Å²) in [5, 5.41) is 0. The molecule has 1 atom stereocenters. The van der Waals surface area contributed by atoms with Crippen molar-refractivity contribution in [1.82, 2.24) is 19.9 Å². The van der Waals surface area contributed by atoms with Gasteiger partial charge in [-0.25, -0.2) is 0 Å². The van der Waals surface area contributed by atoms with Crippen LogP contribution in [0, 0.1) is 0 Å². The first-order valence-electron chi connectivity index (χ1n) is 7.87. The van der Waals surface area contributed by atoms with Gasteiger partial charge in [-0.05, 0) is 31.5 Å². The van der Waals surface area contributed by atoms with Crippen molar-refractivity contribution >= 4 is 11.9 Å². The fraction of sp³-hybridized carbons (Fsp3) is 0.471. The molecule has 0 aliphatic heterocycles. The molecule has 0 radical (unpaired) electrons. The molecule has 1 heterocycles. The molecule has 0 saturated heterocycles. The van der Waals surface area contributed by atoms with Crippen LogP contribution in [-0.2, 0) is 13.0 Å². The van der Waals surface area contributed by atoms with E-state index in [1.54, 1.807) is 0 Å². The van der Waals surface area contributed by atoms with E-state index in [4.69, 9.17) is 5.73 Å². The number of aromatic nitrogens is 3. The summed E-state index contributed by atoms with van der Waals surface area (Å²) in [6, 6.07) is 8.76. The number of hydrogen-bond donors (Lipinski definition) is 1. The van der Waals surface area contributed by atoms with Crippen LogP contribution in [0.5, 0.6) is 0 Å². The van der Waals surface area contributed by atoms with Crippen LogP contribution in [0.4, 0.5) is 11.9 Å². The van der Waals surface area contributed by atoms with E-state index in [2.05, 4.69) is 65.0 Å². The minimum Gasteiger partial charge on any atom is -0.368 e. The first-order chi connectivity index (χ1) is 10.9. The average Bonchev–Trinajstić information content (AvgIpc) is 2.54. The number of anilines is 2. The highest BCUT2D eigenvalue weighted by Gasteiger charge is 2.17. The van der Waals surface area contributed by atoms with Gasteiger partial charge in [0, 0.05) is 20.6 Å². The summed E-state index contributed by atoms with van der Waals surface area (Å²) >= 11 is 0. The topological polar surface area (TPSA) is 71.2 Å². The van der Waals surface area contributed by atoms with Crippen LogP contribution in [0.25, 0.3) is 0 Å². The first-order valence-corrected chi connectivity index (χ1v) is 7.87. The third kappa shape index (κ3) is 4.39. The molecule has 1 aromatic carbocycles. The summed E-state index contributed by atoms with van der Waals surface area (Å²) in [4.78, 5) is 17.0. The number of benzene rings is 1. The highest BCUT2D eigenvalue weighted by molar-refractivity contribution is 5.33. The standard InChI is InChI=1S/C17H26N6/c1-6-13-7-9-14(10-8-13)11-23(5)12(2)15-19-16(18)21-17(20-15)22(3)4/h7-10,12H,6,11H2,1-5H3,(H2,18,19,20,21)/t12-/m0/s1. The first kappa shape index (κ1) is 17.1. The molecule has 0 fully saturated rings. The lowest BCUT2D eigenvalue weighted by molar-refractivity contribution is 0.243. The summed E-state index contributed by atoms with van der Waals surface area (Å²) in [6.07, 6.45) is 1.06. The van der Waals surface area contributed by atoms with Gasteiger partial charge in [-0.1, -0.05) is 31.2 Å². The van der Waals surface area contributed by atoms with E-state index in [0.29, 0.717) is 11.8 Å². The van der Waals surface area contributed by atoms with Crippen molar-refractivity contribution in [2.75, 3.05) is 31.8 Å². The van der Waals surface area contributed by atoms with Crippen LogP contribution in [0.1, 0.15) is 36.8 Å². The number of rotatable bonds is 6. The summed E-state index contributed by atoms with van der Waals surface area (Å²) in [7, 11) is 5.85. The molecule has 2 rings (SSSR count). The second-order valence-corrected chi connectivity index (χ2v) is 6.01. The average molecular weight is 314 g/mol. The van der Waals surface area contributed by atoms with Crippen molar-refractivity contribution in [2.24, 2.45) is 0 Å². The number of aryl methyl sites for hydroxylation is 1. The van der Waals surface area contributed by atoms with Gasteiger partial charge in [0.05, 0.1) is 6.04 Å². The van der Waals surface area contributed by atoms with Crippen LogP contribution >= 0.6 is 0 Å². The summed E-state index contributed by atoms with van der Waals surface area (Å²) in [5.41, 5.74) is 8.43. The van der Waals surface area contributed by atoms with Crippen molar-refractivity contribution in [1.29, 1.82) is 0 Å². The molecule has 0 amide bonds. The Morgan fingerprint density at radius 2 is 1.61 bits per heavy atom. The predicted molar refractivity (Wildman–Crippen MR) is 94.3 cm³/mol. The van der Waals surface area contributed by atoms with Crippen LogP contribution in [0.3, 0.4) is 0 Å². The maximum absolute atomic E-state index is 5.81. The van der Waals surface area contributed by atoms with Crippen molar-refractivity contribution in [3.05, 3.63) is 41.2 Å². The fourth-order valence-electron chi connectivity index (χ4n) is 2.29. The zero-order valence-electron chi connectivity index (χ0n) is 14.6. The van der Waals surface area contributed by atoms with Crippen LogP contribution in [-0.4, -0.2) is 41.0 Å². The van der Waals surface area contributed by atoms with E-state index in [1.807, 2.05) is 19.0 Å². The molecule has 6 heteroatoms. The Kier molecular flexibility index (Phi) is 5.50. The molecule has 0 aliphatic carbocycles. The Labute approximate surface area is 138 Å². The number of nitrogen functional groups attached to an aromatic ring is 1. The van der Waals surface area contributed by atoms with Gasteiger partial charge < -0.3 is 10.6 Å². The van der Waals surface area contributed by atoms with Crippen LogP contribution in [0.15, 0.2) is 24.3 Å². The molecule has 1 aromatic heterocycles. The minimum atomic E-state index is 0.0462. The predicted octanol–water partition coefficient (Wildman–Crippen LogP) is 2.28. The van der Waals surface area contributed by atoms with E-state index in [-0.39, 0.29) is 12.0 Å². The van der Waals surface area contributed by atoms with Crippen molar-refractivity contribution < 1.29 is 0 Å². The van der Waals surface area contributed by atoms with Gasteiger partial charge in [-0.15, -0.1) is 0 Å². The number of nitrogens with zero attached hydrogens (tertiary/aromatic N) is 5. The molecule has 124 valence electrons. The molecule has 2 aromatic rings. The molecular weight excluding hydrogens is 288 g/mol. The molecule has 0 aliphatic rings. The highest BCUT2D eigenvalue weighted by Crippen LogP contribution is 2.20. The minimum absolute atomic E-state index is 0.0462. The Morgan fingerprint density at radius 3 is 2.17 bits per heavy atom. The van der Waals surface area contributed by atoms with E-state index >= 15 is 0 Å². The second-order valence-electron chi connectivity index (χ2n) is 6.01. The Morgan fingerprint density at radius 1 is 1.00 bits per heavy atom. The Bertz CT molecular complexity index is 638. The zero-order chi connectivity index (χ0) is 17.0. The van der Waals surface area contributed by atoms with E-state index in [0.717, 1.165) is 13.0 Å². The monoisotopic (exact) mass is 314 g/mol. The van der Waals surface area contributed by atoms with Crippen LogP contribution < -0.4 is 10.6 Å². The Hall–Kier alpha value is -2.21. The normalized spacial score (nSPS) is 12.4. The van der Waals surface area contributed by atoms with Crippen molar-refractivity contribution in [3.63, 3.8) is 0 Å². The van der Waals surface area contributed by atoms with E-state index in [1.165, 1.54) is 11.1 Å². The number of hydrogen-bond acceptors (Lipinski definition) is 6. The van der Waals surface area contributed by atoms with E-state index in [9.17, 15) is 0 Å². The smallest absolute Gasteiger partial charge is 0.229 e. The molecule has 23 heavy (non-hydrogen) atoms. The van der Waals surface area contributed by atoms with Crippen LogP contribution in [0.2, 0.25) is 0 Å². The molecule has 2 N–H and O–H groups in total. The molecule has 0 bridgehead atoms. The Balaban J connectivity index is 2.13. The molecule has 0 saturated carbocycles. The van der Waals surface area contributed by atoms with E-state index < -0.39 is 0 Å². The van der Waals surface area contributed by atoms with Crippen molar-refractivity contribution in [3.8, 4) is 0 Å². The van der Waals surface area contributed by atoms with Gasteiger partial charge in [-0.3, -0.25) is 4.90 Å². The lowest BCUT2D eigenvalue weighted by atomic mass is 10.1. The quantitative estimate of drug-likeness (QED) is 0.882. The fourth-order valence-corrected chi connectivity index (χ4v) is 2.29. The van der Waals surface area contributed by atoms with Gasteiger partial charge in [0.25, 0.3) is 0 Å². The highest BCUT2D eigenvalue weighted by atomic mass is 15.3. The van der Waals surface area contributed by atoms with Gasteiger partial charge in [-0.2, -0.15) is 15.0 Å². The third-order valence-electron chi connectivity index (χ3n) is 3.96. The molecule has 0 unspecified atom stereocenters. The zero-order valence-corrected chi connectivity index (χ0v) is 14.6. The molecular formula is C17H26N6. The van der Waals surface area contributed by atoms with Gasteiger partial charge in [0.15, 0.2) is 5.82 Å². The summed E-state index contributed by atoms with van der Waals surface area (Å²) in [6.45, 7) is 5.07. The summed E-state index contributed by atoms with van der Waals surface area (Å²) in [5.74, 6) is 1.53. The SMILES string of the molecule is CCc1ccc(CN(C)[C@@H](C)c2nc(N)nc(N(C)C)n2)cc1. The maximum Gasteiger partial charge on any atom is 0.229 e. The maximum atomic E-state index is 5.81. The lowest BCUT2D eigenvalue weighted by Crippen LogP contribution is -2.25. The lowest BCUT2D eigenvalue weighted by Gasteiger charge is -2.24. The molecule has 0 spiro atoms.